The highest BCUT2D eigenvalue weighted by Gasteiger charge is 2.03. The van der Waals surface area contributed by atoms with Crippen LogP contribution in [0.25, 0.3) is 0 Å². The minimum Gasteiger partial charge on any atom is -0.399 e. The van der Waals surface area contributed by atoms with Crippen molar-refractivity contribution in [2.45, 2.75) is 30.4 Å². The number of nitrogens with two attached hydrogens (primary N) is 1. The minimum absolute atomic E-state index is 0.577. The van der Waals surface area contributed by atoms with E-state index in [0.717, 1.165) is 15.7 Å². The fourth-order valence-corrected chi connectivity index (χ4v) is 3.02. The van der Waals surface area contributed by atoms with E-state index in [4.69, 9.17) is 17.3 Å². The number of rotatable bonds is 4. The lowest BCUT2D eigenvalue weighted by Gasteiger charge is -2.08. The van der Waals surface area contributed by atoms with Crippen molar-refractivity contribution in [1.82, 2.24) is 0 Å². The first-order valence-corrected chi connectivity index (χ1v) is 7.69. The molecule has 0 unspecified atom stereocenters. The van der Waals surface area contributed by atoms with Crippen LogP contribution in [-0.2, 0) is 5.75 Å². The lowest BCUT2D eigenvalue weighted by atomic mass is 10.0. The van der Waals surface area contributed by atoms with E-state index in [1.54, 1.807) is 17.8 Å². The Bertz CT molecular complexity index is 549. The van der Waals surface area contributed by atoms with Gasteiger partial charge in [-0.1, -0.05) is 49.7 Å². The van der Waals surface area contributed by atoms with Crippen molar-refractivity contribution >= 4 is 29.1 Å². The summed E-state index contributed by atoms with van der Waals surface area (Å²) < 4.78 is 0. The van der Waals surface area contributed by atoms with Crippen LogP contribution in [0.5, 0.6) is 0 Å². The summed E-state index contributed by atoms with van der Waals surface area (Å²) in [5, 5.41) is 0.726. The van der Waals surface area contributed by atoms with Gasteiger partial charge in [0.15, 0.2) is 0 Å². The molecule has 1 nitrogen and oxygen atoms in total. The van der Waals surface area contributed by atoms with E-state index in [1.165, 1.54) is 11.1 Å². The third-order valence-electron chi connectivity index (χ3n) is 3.00. The van der Waals surface area contributed by atoms with Gasteiger partial charge in [0.05, 0.1) is 5.02 Å². The van der Waals surface area contributed by atoms with Crippen molar-refractivity contribution in [2.75, 3.05) is 5.73 Å². The van der Waals surface area contributed by atoms with Crippen LogP contribution in [0.4, 0.5) is 5.69 Å². The Labute approximate surface area is 124 Å². The Kier molecular flexibility index (Phi) is 4.78. The van der Waals surface area contributed by atoms with Gasteiger partial charge in [-0.15, -0.1) is 11.8 Å². The highest BCUT2D eigenvalue weighted by Crippen LogP contribution is 2.31. The van der Waals surface area contributed by atoms with Crippen LogP contribution in [0.1, 0.15) is 30.9 Å². The molecule has 0 radical (unpaired) electrons. The van der Waals surface area contributed by atoms with Crippen LogP contribution >= 0.6 is 23.4 Å². The molecule has 0 fully saturated rings. The number of hydrogen-bond acceptors (Lipinski definition) is 2. The Balaban J connectivity index is 2.02. The van der Waals surface area contributed by atoms with Crippen LogP contribution in [-0.4, -0.2) is 0 Å². The first-order chi connectivity index (χ1) is 9.06. The summed E-state index contributed by atoms with van der Waals surface area (Å²) in [5.41, 5.74) is 9.07. The van der Waals surface area contributed by atoms with E-state index in [1.807, 2.05) is 12.1 Å². The molecule has 0 aliphatic rings. The Morgan fingerprint density at radius 1 is 1.11 bits per heavy atom. The fourth-order valence-electron chi connectivity index (χ4n) is 1.79. The van der Waals surface area contributed by atoms with E-state index >= 15 is 0 Å². The summed E-state index contributed by atoms with van der Waals surface area (Å²) in [6.07, 6.45) is 0. The van der Waals surface area contributed by atoms with E-state index in [9.17, 15) is 0 Å². The van der Waals surface area contributed by atoms with Crippen LogP contribution < -0.4 is 5.73 Å². The van der Waals surface area contributed by atoms with Crippen molar-refractivity contribution in [3.63, 3.8) is 0 Å². The summed E-state index contributed by atoms with van der Waals surface area (Å²) in [7, 11) is 0. The Morgan fingerprint density at radius 2 is 1.79 bits per heavy atom. The summed E-state index contributed by atoms with van der Waals surface area (Å²) in [4.78, 5) is 1.07. The van der Waals surface area contributed by atoms with Crippen molar-refractivity contribution < 1.29 is 0 Å². The van der Waals surface area contributed by atoms with Crippen molar-refractivity contribution in [2.24, 2.45) is 0 Å². The monoisotopic (exact) mass is 291 g/mol. The second kappa shape index (κ2) is 6.36. The maximum atomic E-state index is 6.16. The zero-order chi connectivity index (χ0) is 13.8. The van der Waals surface area contributed by atoms with Gasteiger partial charge in [0, 0.05) is 16.3 Å². The molecule has 0 spiro atoms. The predicted octanol–water partition coefficient (Wildman–Crippen LogP) is 5.34. The maximum absolute atomic E-state index is 6.16. The molecule has 0 aromatic heterocycles. The Morgan fingerprint density at radius 3 is 2.37 bits per heavy atom. The second-order valence-electron chi connectivity index (χ2n) is 4.87. The molecule has 0 aliphatic carbocycles. The number of benzene rings is 2. The highest BCUT2D eigenvalue weighted by atomic mass is 35.5. The fraction of sp³-hybridized carbons (Fsp3) is 0.250. The molecular formula is C16H18ClNS. The molecule has 2 aromatic carbocycles. The SMILES string of the molecule is CC(C)c1ccc(CSc2ccc(N)cc2Cl)cc1. The zero-order valence-electron chi connectivity index (χ0n) is 11.2. The average molecular weight is 292 g/mol. The van der Waals surface area contributed by atoms with Gasteiger partial charge in [0.25, 0.3) is 0 Å². The summed E-state index contributed by atoms with van der Waals surface area (Å²) in [6, 6.07) is 14.4. The molecule has 3 heteroatoms. The molecule has 0 heterocycles. The summed E-state index contributed by atoms with van der Waals surface area (Å²) in [5.74, 6) is 1.50. The third-order valence-corrected chi connectivity index (χ3v) is 4.57. The minimum atomic E-state index is 0.577. The number of thioether (sulfide) groups is 1. The second-order valence-corrected chi connectivity index (χ2v) is 6.30. The molecule has 0 saturated carbocycles. The van der Waals surface area contributed by atoms with Gasteiger partial charge in [0.2, 0.25) is 0 Å². The number of anilines is 1. The third kappa shape index (κ3) is 3.92. The number of halogens is 1. The van der Waals surface area contributed by atoms with E-state index in [2.05, 4.69) is 38.1 Å². The molecule has 100 valence electrons. The number of hydrogen-bond donors (Lipinski definition) is 1. The molecule has 0 atom stereocenters. The smallest absolute Gasteiger partial charge is 0.0562 e. The molecule has 19 heavy (non-hydrogen) atoms. The first-order valence-electron chi connectivity index (χ1n) is 6.33. The Hall–Kier alpha value is -1.12. The van der Waals surface area contributed by atoms with Gasteiger partial charge in [-0.3, -0.25) is 0 Å². The van der Waals surface area contributed by atoms with Crippen molar-refractivity contribution in [3.05, 3.63) is 58.6 Å². The van der Waals surface area contributed by atoms with Crippen LogP contribution in [0, 0.1) is 0 Å². The van der Waals surface area contributed by atoms with Gasteiger partial charge >= 0.3 is 0 Å². The zero-order valence-corrected chi connectivity index (χ0v) is 12.8. The van der Waals surface area contributed by atoms with E-state index in [-0.39, 0.29) is 0 Å². The lowest BCUT2D eigenvalue weighted by molar-refractivity contribution is 0.866. The quantitative estimate of drug-likeness (QED) is 0.608. The molecule has 0 amide bonds. The van der Waals surface area contributed by atoms with E-state index in [0.29, 0.717) is 11.6 Å². The molecule has 2 rings (SSSR count). The molecule has 0 saturated heterocycles. The van der Waals surface area contributed by atoms with Gasteiger partial charge in [0.1, 0.15) is 0 Å². The largest absolute Gasteiger partial charge is 0.399 e. The standard InChI is InChI=1S/C16H18ClNS/c1-11(2)13-5-3-12(4-6-13)10-19-16-8-7-14(18)9-15(16)17/h3-9,11H,10,18H2,1-2H3. The van der Waals surface area contributed by atoms with Gasteiger partial charge < -0.3 is 5.73 Å². The van der Waals surface area contributed by atoms with Crippen LogP contribution in [0.2, 0.25) is 5.02 Å². The van der Waals surface area contributed by atoms with Gasteiger partial charge in [-0.05, 0) is 35.2 Å². The predicted molar refractivity (Wildman–Crippen MR) is 86.0 cm³/mol. The topological polar surface area (TPSA) is 26.0 Å². The molecule has 2 N–H and O–H groups in total. The highest BCUT2D eigenvalue weighted by molar-refractivity contribution is 7.98. The van der Waals surface area contributed by atoms with Crippen LogP contribution in [0.3, 0.4) is 0 Å². The molecular weight excluding hydrogens is 274 g/mol. The van der Waals surface area contributed by atoms with E-state index < -0.39 is 0 Å². The molecule has 0 aliphatic heterocycles. The molecule has 2 aromatic rings. The van der Waals surface area contributed by atoms with Gasteiger partial charge in [-0.2, -0.15) is 0 Å². The summed E-state index contributed by atoms with van der Waals surface area (Å²) >= 11 is 7.90. The average Bonchev–Trinajstić information content (AvgIpc) is 2.38. The number of nitrogen functional groups attached to an aromatic ring is 1. The van der Waals surface area contributed by atoms with Gasteiger partial charge in [-0.25, -0.2) is 0 Å². The van der Waals surface area contributed by atoms with Crippen molar-refractivity contribution in [3.8, 4) is 0 Å². The van der Waals surface area contributed by atoms with Crippen LogP contribution in [0.15, 0.2) is 47.4 Å². The normalized spacial score (nSPS) is 10.9. The molecule has 0 bridgehead atoms. The first kappa shape index (κ1) is 14.3. The lowest BCUT2D eigenvalue weighted by Crippen LogP contribution is -1.88. The maximum Gasteiger partial charge on any atom is 0.0562 e. The summed E-state index contributed by atoms with van der Waals surface area (Å²) in [6.45, 7) is 4.41. The van der Waals surface area contributed by atoms with Crippen molar-refractivity contribution in [1.29, 1.82) is 0 Å².